The number of nitrogens with zero attached hydrogens (tertiary/aromatic N) is 1. The molecule has 0 aliphatic carbocycles. The number of hydrogen-bond acceptors (Lipinski definition) is 4. The summed E-state index contributed by atoms with van der Waals surface area (Å²) in [6, 6.07) is -0.757. The third-order valence-electron chi connectivity index (χ3n) is 4.40. The van der Waals surface area contributed by atoms with Crippen molar-refractivity contribution in [3.63, 3.8) is 0 Å². The lowest BCUT2D eigenvalue weighted by atomic mass is 9.85. The number of aliphatic carboxylic acids is 1. The quantitative estimate of drug-likeness (QED) is 0.672. The van der Waals surface area contributed by atoms with Crippen LogP contribution in [0.3, 0.4) is 0 Å². The summed E-state index contributed by atoms with van der Waals surface area (Å²) < 4.78 is 5.21. The second-order valence-electron chi connectivity index (χ2n) is 5.85. The van der Waals surface area contributed by atoms with Crippen molar-refractivity contribution in [1.29, 1.82) is 0 Å². The number of piperidine rings is 1. The molecule has 0 aromatic carbocycles. The van der Waals surface area contributed by atoms with E-state index in [-0.39, 0.29) is 31.8 Å². The number of carbonyl (C=O) groups is 2. The molecule has 0 spiro atoms. The molecule has 2 rings (SSSR count). The fraction of sp³-hybridized carbons (Fsp3) is 0.846. The normalized spacial score (nSPS) is 31.3. The Kier molecular flexibility index (Phi) is 4.49. The van der Waals surface area contributed by atoms with Gasteiger partial charge in [0.2, 0.25) is 0 Å². The van der Waals surface area contributed by atoms with Crippen LogP contribution < -0.4 is 5.32 Å². The number of carboxylic acid groups (broad SMARTS) is 1. The maximum Gasteiger partial charge on any atom is 0.317 e. The zero-order valence-electron chi connectivity index (χ0n) is 11.7. The summed E-state index contributed by atoms with van der Waals surface area (Å²) in [4.78, 5) is 25.1. The van der Waals surface area contributed by atoms with Crippen molar-refractivity contribution < 1.29 is 24.5 Å². The van der Waals surface area contributed by atoms with Gasteiger partial charge in [-0.3, -0.25) is 4.79 Å². The summed E-state index contributed by atoms with van der Waals surface area (Å²) in [5.74, 6) is -0.697. The first-order chi connectivity index (χ1) is 9.47. The van der Waals surface area contributed by atoms with Gasteiger partial charge in [-0.1, -0.05) is 0 Å². The summed E-state index contributed by atoms with van der Waals surface area (Å²) in [5.41, 5.74) is -1.07. The van der Waals surface area contributed by atoms with Gasteiger partial charge in [0.15, 0.2) is 0 Å². The predicted octanol–water partition coefficient (Wildman–Crippen LogP) is -0.110. The highest BCUT2D eigenvalue weighted by Crippen LogP contribution is 2.29. The van der Waals surface area contributed by atoms with E-state index in [1.807, 2.05) is 0 Å². The van der Waals surface area contributed by atoms with Gasteiger partial charge < -0.3 is 25.2 Å². The first-order valence-electron chi connectivity index (χ1n) is 6.95. The molecule has 0 bridgehead atoms. The van der Waals surface area contributed by atoms with E-state index in [2.05, 4.69) is 5.32 Å². The van der Waals surface area contributed by atoms with Crippen molar-refractivity contribution in [2.45, 2.75) is 25.8 Å². The first-order valence-corrected chi connectivity index (χ1v) is 6.95. The molecule has 20 heavy (non-hydrogen) atoms. The van der Waals surface area contributed by atoms with Crippen molar-refractivity contribution in [1.82, 2.24) is 10.2 Å². The molecule has 7 nitrogen and oxygen atoms in total. The maximum atomic E-state index is 12.2. The molecule has 2 aliphatic heterocycles. The molecular weight excluding hydrogens is 264 g/mol. The number of likely N-dealkylation sites (tertiary alicyclic amines) is 1. The molecule has 7 heteroatoms. The molecule has 2 amide bonds. The number of urea groups is 1. The number of ether oxygens (including phenoxy) is 1. The number of carbonyl (C=O) groups excluding carboxylic acids is 1. The molecule has 2 fully saturated rings. The maximum absolute atomic E-state index is 12.2. The standard InChI is InChI=1S/C13H22N2O5/c1-13(11(17)18)8-20-7-10(13)14-12(19)15-4-2-9(6-16)3-5-15/h9-10,16H,2-8H2,1H3,(H,14,19)(H,17,18). The first kappa shape index (κ1) is 15.1. The van der Waals surface area contributed by atoms with Crippen LogP contribution in [-0.4, -0.2) is 66.1 Å². The topological polar surface area (TPSA) is 99.1 Å². The number of amides is 2. The molecule has 2 atom stereocenters. The van der Waals surface area contributed by atoms with Gasteiger partial charge in [0.25, 0.3) is 0 Å². The van der Waals surface area contributed by atoms with Crippen LogP contribution in [0.15, 0.2) is 0 Å². The molecule has 0 aromatic heterocycles. The number of rotatable bonds is 3. The summed E-state index contributed by atoms with van der Waals surface area (Å²) >= 11 is 0. The summed E-state index contributed by atoms with van der Waals surface area (Å²) in [6.45, 7) is 3.26. The molecule has 2 heterocycles. The van der Waals surface area contributed by atoms with Crippen LogP contribution in [-0.2, 0) is 9.53 Å². The molecule has 114 valence electrons. The van der Waals surface area contributed by atoms with E-state index in [0.717, 1.165) is 12.8 Å². The van der Waals surface area contributed by atoms with Crippen LogP contribution >= 0.6 is 0 Å². The summed E-state index contributed by atoms with van der Waals surface area (Å²) in [6.07, 6.45) is 1.56. The fourth-order valence-electron chi connectivity index (χ4n) is 2.64. The smallest absolute Gasteiger partial charge is 0.317 e. The Morgan fingerprint density at radius 3 is 2.60 bits per heavy atom. The summed E-state index contributed by atoms with van der Waals surface area (Å²) in [5, 5.41) is 21.1. The second-order valence-corrected chi connectivity index (χ2v) is 5.85. The van der Waals surface area contributed by atoms with Crippen molar-refractivity contribution in [3.05, 3.63) is 0 Å². The minimum atomic E-state index is -1.07. The van der Waals surface area contributed by atoms with Crippen molar-refractivity contribution >= 4 is 12.0 Å². The minimum Gasteiger partial charge on any atom is -0.481 e. The van der Waals surface area contributed by atoms with Gasteiger partial charge in [0, 0.05) is 19.7 Å². The lowest BCUT2D eigenvalue weighted by Crippen LogP contribution is -2.54. The third-order valence-corrected chi connectivity index (χ3v) is 4.40. The molecular formula is C13H22N2O5. The van der Waals surface area contributed by atoms with Crippen LogP contribution in [0.2, 0.25) is 0 Å². The Morgan fingerprint density at radius 1 is 1.40 bits per heavy atom. The van der Waals surface area contributed by atoms with Gasteiger partial charge in [-0.05, 0) is 25.7 Å². The third kappa shape index (κ3) is 2.88. The van der Waals surface area contributed by atoms with E-state index >= 15 is 0 Å². The number of aliphatic hydroxyl groups excluding tert-OH is 1. The Morgan fingerprint density at radius 2 is 2.05 bits per heavy atom. The molecule has 0 saturated carbocycles. The fourth-order valence-corrected chi connectivity index (χ4v) is 2.64. The molecule has 3 N–H and O–H groups in total. The van der Waals surface area contributed by atoms with Gasteiger partial charge in [-0.25, -0.2) is 4.79 Å². The minimum absolute atomic E-state index is 0.111. The Hall–Kier alpha value is -1.34. The molecule has 2 saturated heterocycles. The highest BCUT2D eigenvalue weighted by molar-refractivity contribution is 5.79. The van der Waals surface area contributed by atoms with E-state index in [1.165, 1.54) is 0 Å². The van der Waals surface area contributed by atoms with Gasteiger partial charge in [0.05, 0.1) is 19.3 Å². The second kappa shape index (κ2) is 5.97. The van der Waals surface area contributed by atoms with E-state index in [0.29, 0.717) is 13.1 Å². The number of carboxylic acids is 1. The van der Waals surface area contributed by atoms with Gasteiger partial charge in [0.1, 0.15) is 5.41 Å². The number of hydrogen-bond donors (Lipinski definition) is 3. The Labute approximate surface area is 117 Å². The molecule has 2 aliphatic rings. The SMILES string of the molecule is CC1(C(=O)O)COCC1NC(=O)N1CCC(CO)CC1. The molecule has 2 unspecified atom stereocenters. The lowest BCUT2D eigenvalue weighted by molar-refractivity contribution is -0.148. The lowest BCUT2D eigenvalue weighted by Gasteiger charge is -2.33. The average molecular weight is 286 g/mol. The van der Waals surface area contributed by atoms with Crippen molar-refractivity contribution in [3.8, 4) is 0 Å². The van der Waals surface area contributed by atoms with Crippen molar-refractivity contribution in [2.24, 2.45) is 11.3 Å². The monoisotopic (exact) mass is 286 g/mol. The van der Waals surface area contributed by atoms with Crippen LogP contribution in [0, 0.1) is 11.3 Å². The molecule has 0 aromatic rings. The van der Waals surface area contributed by atoms with Crippen LogP contribution in [0.1, 0.15) is 19.8 Å². The number of aliphatic hydroxyl groups is 1. The van der Waals surface area contributed by atoms with Gasteiger partial charge in [-0.15, -0.1) is 0 Å². The highest BCUT2D eigenvalue weighted by Gasteiger charge is 2.47. The Bertz CT molecular complexity index is 381. The largest absolute Gasteiger partial charge is 0.481 e. The predicted molar refractivity (Wildman–Crippen MR) is 70.3 cm³/mol. The van der Waals surface area contributed by atoms with Crippen LogP contribution in [0.5, 0.6) is 0 Å². The van der Waals surface area contributed by atoms with Gasteiger partial charge in [-0.2, -0.15) is 0 Å². The van der Waals surface area contributed by atoms with Crippen molar-refractivity contribution in [2.75, 3.05) is 32.9 Å². The van der Waals surface area contributed by atoms with Crippen LogP contribution in [0.4, 0.5) is 4.79 Å². The highest BCUT2D eigenvalue weighted by atomic mass is 16.5. The van der Waals surface area contributed by atoms with Crippen LogP contribution in [0.25, 0.3) is 0 Å². The van der Waals surface area contributed by atoms with Gasteiger partial charge >= 0.3 is 12.0 Å². The zero-order valence-corrected chi connectivity index (χ0v) is 11.7. The summed E-state index contributed by atoms with van der Waals surface area (Å²) in [7, 11) is 0. The number of nitrogens with one attached hydrogen (secondary N) is 1. The van der Waals surface area contributed by atoms with E-state index < -0.39 is 17.4 Å². The molecule has 0 radical (unpaired) electrons. The van der Waals surface area contributed by atoms with E-state index in [1.54, 1.807) is 11.8 Å². The average Bonchev–Trinajstić information content (AvgIpc) is 2.81. The zero-order chi connectivity index (χ0) is 14.8. The van der Waals surface area contributed by atoms with E-state index in [9.17, 15) is 14.7 Å². The van der Waals surface area contributed by atoms with E-state index in [4.69, 9.17) is 9.84 Å². The Balaban J connectivity index is 1.90.